The number of furan rings is 1. The lowest BCUT2D eigenvalue weighted by atomic mass is 10.2. The van der Waals surface area contributed by atoms with Gasteiger partial charge in [-0.25, -0.2) is 9.37 Å². The van der Waals surface area contributed by atoms with Gasteiger partial charge in [-0.3, -0.25) is 9.59 Å². The summed E-state index contributed by atoms with van der Waals surface area (Å²) >= 11 is 6.91. The van der Waals surface area contributed by atoms with Crippen LogP contribution in [0, 0.1) is 5.82 Å². The Hall–Kier alpha value is -4.61. The van der Waals surface area contributed by atoms with Gasteiger partial charge < -0.3 is 14.5 Å². The van der Waals surface area contributed by atoms with E-state index < -0.39 is 11.7 Å². The fourth-order valence-corrected chi connectivity index (χ4v) is 5.05. The maximum absolute atomic E-state index is 13.6. The molecule has 0 aliphatic carbocycles. The van der Waals surface area contributed by atoms with Gasteiger partial charge in [-0.1, -0.05) is 50.1 Å². The summed E-state index contributed by atoms with van der Waals surface area (Å²) in [6.07, 6.45) is 1.45. The number of rotatable bonds is 7. The normalized spacial score (nSPS) is 11.4. The van der Waals surface area contributed by atoms with E-state index in [1.165, 1.54) is 29.1 Å². The van der Waals surface area contributed by atoms with Gasteiger partial charge in [-0.15, -0.1) is 0 Å². The molecule has 208 valence electrons. The average molecular weight is 690 g/mol. The van der Waals surface area contributed by atoms with Crippen LogP contribution in [-0.4, -0.2) is 28.4 Å². The molecule has 0 bridgehead atoms. The van der Waals surface area contributed by atoms with Gasteiger partial charge in [0.05, 0.1) is 17.1 Å². The molecular formula is C31H19Br2FN4O4. The third kappa shape index (κ3) is 5.88. The molecule has 11 heteroatoms. The SMILES string of the molecule is O=C(COc1ccc(Br)cc1C=Nn1c(-c2cc3cc(Br)ccc3o2)nc2ccccc2c1=O)Nc1cccc(F)c1. The second-order valence-corrected chi connectivity index (χ2v) is 11.0. The van der Waals surface area contributed by atoms with Crippen molar-refractivity contribution in [2.24, 2.45) is 5.10 Å². The van der Waals surface area contributed by atoms with Crippen molar-refractivity contribution in [1.29, 1.82) is 0 Å². The highest BCUT2D eigenvalue weighted by atomic mass is 79.9. The molecule has 4 aromatic carbocycles. The topological polar surface area (TPSA) is 98.7 Å². The number of nitrogens with zero attached hydrogens (tertiary/aromatic N) is 3. The summed E-state index contributed by atoms with van der Waals surface area (Å²) in [6, 6.07) is 25.1. The molecule has 0 unspecified atom stereocenters. The zero-order valence-electron chi connectivity index (χ0n) is 21.6. The van der Waals surface area contributed by atoms with Gasteiger partial charge >= 0.3 is 0 Å². The predicted octanol–water partition coefficient (Wildman–Crippen LogP) is 7.37. The number of ether oxygens (including phenoxy) is 1. The number of amides is 1. The standard InChI is InChI=1S/C31H19Br2FN4O4/c32-20-9-11-27-18(12-20)14-28(42-27)30-37-25-7-2-1-6-24(25)31(40)38(30)35-16-19-13-21(33)8-10-26(19)41-17-29(39)36-23-5-3-4-22(34)15-23/h1-16H,17H2,(H,36,39). The van der Waals surface area contributed by atoms with Gasteiger partial charge in [-0.2, -0.15) is 9.78 Å². The Labute approximate surface area is 254 Å². The van der Waals surface area contributed by atoms with Crippen LogP contribution < -0.4 is 15.6 Å². The molecule has 1 N–H and O–H groups in total. The number of halogens is 3. The maximum atomic E-state index is 13.6. The zero-order chi connectivity index (χ0) is 29.2. The number of aromatic nitrogens is 2. The van der Waals surface area contributed by atoms with Gasteiger partial charge in [0.2, 0.25) is 5.82 Å². The van der Waals surface area contributed by atoms with Crippen molar-refractivity contribution in [3.8, 4) is 17.3 Å². The molecule has 0 aliphatic rings. The second-order valence-electron chi connectivity index (χ2n) is 9.14. The van der Waals surface area contributed by atoms with E-state index in [1.807, 2.05) is 18.2 Å². The molecule has 42 heavy (non-hydrogen) atoms. The summed E-state index contributed by atoms with van der Waals surface area (Å²) in [7, 11) is 0. The molecule has 2 heterocycles. The summed E-state index contributed by atoms with van der Waals surface area (Å²) in [5.74, 6) is -0.0149. The van der Waals surface area contributed by atoms with E-state index in [9.17, 15) is 14.0 Å². The second kappa shape index (κ2) is 11.7. The van der Waals surface area contributed by atoms with Crippen molar-refractivity contribution in [2.75, 3.05) is 11.9 Å². The largest absolute Gasteiger partial charge is 0.483 e. The van der Waals surface area contributed by atoms with Crippen LogP contribution in [0.4, 0.5) is 10.1 Å². The van der Waals surface area contributed by atoms with Crippen LogP contribution in [0.25, 0.3) is 33.5 Å². The van der Waals surface area contributed by atoms with E-state index in [0.717, 1.165) is 14.3 Å². The Balaban J connectivity index is 1.35. The summed E-state index contributed by atoms with van der Waals surface area (Å²) in [5.41, 5.74) is 1.55. The summed E-state index contributed by atoms with van der Waals surface area (Å²) < 4.78 is 28.1. The molecule has 0 spiro atoms. The Morgan fingerprint density at radius 3 is 2.67 bits per heavy atom. The van der Waals surface area contributed by atoms with Crippen LogP contribution in [0.3, 0.4) is 0 Å². The highest BCUT2D eigenvalue weighted by Gasteiger charge is 2.17. The van der Waals surface area contributed by atoms with Gasteiger partial charge in [0.25, 0.3) is 11.5 Å². The van der Waals surface area contributed by atoms with Crippen LogP contribution in [0.5, 0.6) is 5.75 Å². The van der Waals surface area contributed by atoms with E-state index >= 15 is 0 Å². The quantitative estimate of drug-likeness (QED) is 0.177. The first-order valence-electron chi connectivity index (χ1n) is 12.6. The monoisotopic (exact) mass is 688 g/mol. The minimum atomic E-state index is -0.472. The van der Waals surface area contributed by atoms with Crippen LogP contribution in [0.2, 0.25) is 0 Å². The van der Waals surface area contributed by atoms with Crippen LogP contribution >= 0.6 is 31.9 Å². The first kappa shape index (κ1) is 27.6. The number of carbonyl (C=O) groups excluding carboxylic acids is 1. The maximum Gasteiger partial charge on any atom is 0.282 e. The van der Waals surface area contributed by atoms with Crippen molar-refractivity contribution < 1.29 is 18.3 Å². The number of para-hydroxylation sites is 1. The Kier molecular flexibility index (Phi) is 7.68. The first-order chi connectivity index (χ1) is 20.3. The highest BCUT2D eigenvalue weighted by molar-refractivity contribution is 9.10. The first-order valence-corrected chi connectivity index (χ1v) is 14.2. The number of anilines is 1. The molecule has 6 rings (SSSR count). The molecule has 1 amide bonds. The number of fused-ring (bicyclic) bond motifs is 2. The molecular weight excluding hydrogens is 671 g/mol. The molecule has 0 atom stereocenters. The number of nitrogens with one attached hydrogen (secondary N) is 1. The predicted molar refractivity (Wildman–Crippen MR) is 167 cm³/mol. The highest BCUT2D eigenvalue weighted by Crippen LogP contribution is 2.29. The molecule has 6 aromatic rings. The van der Waals surface area contributed by atoms with E-state index in [1.54, 1.807) is 54.6 Å². The Bertz CT molecular complexity index is 2070. The fourth-order valence-electron chi connectivity index (χ4n) is 4.29. The van der Waals surface area contributed by atoms with Gasteiger partial charge in [0.15, 0.2) is 12.4 Å². The zero-order valence-corrected chi connectivity index (χ0v) is 24.7. The molecule has 0 saturated carbocycles. The van der Waals surface area contributed by atoms with Gasteiger partial charge in [0, 0.05) is 25.6 Å². The number of carbonyl (C=O) groups is 1. The number of hydrogen-bond donors (Lipinski definition) is 1. The smallest absolute Gasteiger partial charge is 0.282 e. The van der Waals surface area contributed by atoms with E-state index in [2.05, 4.69) is 42.3 Å². The van der Waals surface area contributed by atoms with Crippen molar-refractivity contribution >= 4 is 71.5 Å². The summed E-state index contributed by atoms with van der Waals surface area (Å²) in [6.45, 7) is -0.337. The van der Waals surface area contributed by atoms with Gasteiger partial charge in [-0.05, 0) is 72.8 Å². The lowest BCUT2D eigenvalue weighted by molar-refractivity contribution is -0.118. The van der Waals surface area contributed by atoms with Crippen LogP contribution in [0.15, 0.2) is 114 Å². The third-order valence-electron chi connectivity index (χ3n) is 6.20. The third-order valence-corrected chi connectivity index (χ3v) is 7.19. The molecule has 0 saturated heterocycles. The fraction of sp³-hybridized carbons (Fsp3) is 0.0323. The molecule has 0 aliphatic heterocycles. The molecule has 2 aromatic heterocycles. The minimum absolute atomic E-state index is 0.217. The van der Waals surface area contributed by atoms with Crippen molar-refractivity contribution in [3.05, 3.63) is 122 Å². The summed E-state index contributed by atoms with van der Waals surface area (Å²) in [5, 5.41) is 8.31. The van der Waals surface area contributed by atoms with Crippen molar-refractivity contribution in [3.63, 3.8) is 0 Å². The number of hydrogen-bond acceptors (Lipinski definition) is 6. The molecule has 0 radical (unpaired) electrons. The Morgan fingerprint density at radius 2 is 1.81 bits per heavy atom. The number of benzene rings is 4. The van der Waals surface area contributed by atoms with Crippen LogP contribution in [-0.2, 0) is 4.79 Å². The lowest BCUT2D eigenvalue weighted by Gasteiger charge is -2.11. The van der Waals surface area contributed by atoms with Gasteiger partial charge in [0.1, 0.15) is 17.1 Å². The lowest BCUT2D eigenvalue weighted by Crippen LogP contribution is -2.21. The van der Waals surface area contributed by atoms with Crippen molar-refractivity contribution in [2.45, 2.75) is 0 Å². The van der Waals surface area contributed by atoms with E-state index in [0.29, 0.717) is 39.2 Å². The van der Waals surface area contributed by atoms with Crippen molar-refractivity contribution in [1.82, 2.24) is 9.66 Å². The van der Waals surface area contributed by atoms with E-state index in [-0.39, 0.29) is 18.0 Å². The molecule has 8 nitrogen and oxygen atoms in total. The molecule has 0 fully saturated rings. The minimum Gasteiger partial charge on any atom is -0.483 e. The summed E-state index contributed by atoms with van der Waals surface area (Å²) in [4.78, 5) is 30.8. The van der Waals surface area contributed by atoms with E-state index in [4.69, 9.17) is 14.1 Å². The van der Waals surface area contributed by atoms with Crippen LogP contribution in [0.1, 0.15) is 5.56 Å². The Morgan fingerprint density at radius 1 is 1.00 bits per heavy atom. The average Bonchev–Trinajstić information content (AvgIpc) is 3.39.